The summed E-state index contributed by atoms with van der Waals surface area (Å²) in [6.07, 6.45) is 0. The molecule has 3 rings (SSSR count). The molecule has 0 radical (unpaired) electrons. The van der Waals surface area contributed by atoms with Gasteiger partial charge in [-0.25, -0.2) is 8.42 Å². The van der Waals surface area contributed by atoms with Gasteiger partial charge in [-0.05, 0) is 79.4 Å². The van der Waals surface area contributed by atoms with Gasteiger partial charge in [-0.3, -0.25) is 13.9 Å². The minimum absolute atomic E-state index is 0.00314. The van der Waals surface area contributed by atoms with Gasteiger partial charge in [-0.2, -0.15) is 0 Å². The van der Waals surface area contributed by atoms with Crippen LogP contribution in [0, 0.1) is 12.8 Å². The maximum absolute atomic E-state index is 13.9. The van der Waals surface area contributed by atoms with Gasteiger partial charge in [-0.15, -0.1) is 0 Å². The second-order valence-corrected chi connectivity index (χ2v) is 13.0. The quantitative estimate of drug-likeness (QED) is 0.289. The van der Waals surface area contributed by atoms with Crippen LogP contribution >= 0.6 is 27.5 Å². The van der Waals surface area contributed by atoms with Gasteiger partial charge in [0.15, 0.2) is 0 Å². The fourth-order valence-electron chi connectivity index (χ4n) is 3.87. The minimum Gasteiger partial charge on any atom is -0.354 e. The number of amides is 2. The molecule has 208 valence electrons. The van der Waals surface area contributed by atoms with Crippen LogP contribution in [0.3, 0.4) is 0 Å². The summed E-state index contributed by atoms with van der Waals surface area (Å²) in [6.45, 7) is 7.56. The van der Waals surface area contributed by atoms with Crippen molar-refractivity contribution >= 4 is 55.1 Å². The van der Waals surface area contributed by atoms with E-state index >= 15 is 0 Å². The number of rotatable bonds is 11. The topological polar surface area (TPSA) is 86.8 Å². The molecule has 39 heavy (non-hydrogen) atoms. The Morgan fingerprint density at radius 3 is 2.21 bits per heavy atom. The van der Waals surface area contributed by atoms with E-state index in [0.717, 1.165) is 19.9 Å². The van der Waals surface area contributed by atoms with Gasteiger partial charge >= 0.3 is 0 Å². The number of nitrogens with zero attached hydrogens (tertiary/aromatic N) is 2. The van der Waals surface area contributed by atoms with Gasteiger partial charge in [0.1, 0.15) is 12.6 Å². The highest BCUT2D eigenvalue weighted by Crippen LogP contribution is 2.26. The molecule has 1 atom stereocenters. The van der Waals surface area contributed by atoms with Gasteiger partial charge < -0.3 is 10.2 Å². The van der Waals surface area contributed by atoms with E-state index in [1.807, 2.05) is 51.1 Å². The molecule has 0 spiro atoms. The number of hydrogen-bond acceptors (Lipinski definition) is 4. The van der Waals surface area contributed by atoms with Gasteiger partial charge in [0, 0.05) is 22.6 Å². The second kappa shape index (κ2) is 13.5. The molecule has 1 N–H and O–H groups in total. The molecule has 0 fully saturated rings. The van der Waals surface area contributed by atoms with Crippen molar-refractivity contribution < 1.29 is 18.0 Å². The third-order valence-corrected chi connectivity index (χ3v) is 8.66. The van der Waals surface area contributed by atoms with E-state index in [1.165, 1.54) is 29.2 Å². The van der Waals surface area contributed by atoms with Crippen LogP contribution in [-0.4, -0.2) is 44.3 Å². The van der Waals surface area contributed by atoms with Crippen molar-refractivity contribution in [1.82, 2.24) is 10.2 Å². The second-order valence-electron chi connectivity index (χ2n) is 9.77. The average Bonchev–Trinajstić information content (AvgIpc) is 2.89. The number of nitrogens with one attached hydrogen (secondary N) is 1. The first kappa shape index (κ1) is 30.7. The van der Waals surface area contributed by atoms with Crippen LogP contribution in [-0.2, 0) is 26.2 Å². The van der Waals surface area contributed by atoms with Crippen molar-refractivity contribution in [2.75, 3.05) is 17.4 Å². The summed E-state index contributed by atoms with van der Waals surface area (Å²) < 4.78 is 29.6. The fourth-order valence-corrected chi connectivity index (χ4v) is 5.66. The summed E-state index contributed by atoms with van der Waals surface area (Å²) in [7, 11) is -4.14. The number of anilines is 1. The number of sulfonamides is 1. The van der Waals surface area contributed by atoms with Gasteiger partial charge in [0.2, 0.25) is 11.8 Å². The standard InChI is InChI=1S/C29H33BrClN3O4S/c1-20(2)17-32-29(36)22(4)33(18-23-8-10-24(30)11-9-23)28(35)19-34(26-7-5-6-21(3)16-26)39(37,38)27-14-12-25(31)13-15-27/h5-16,20,22H,17-19H2,1-4H3,(H,32,36). The molecule has 0 heterocycles. The van der Waals surface area contributed by atoms with E-state index < -0.39 is 28.5 Å². The van der Waals surface area contributed by atoms with Crippen molar-refractivity contribution in [3.8, 4) is 0 Å². The van der Waals surface area contributed by atoms with Crippen LogP contribution in [0.5, 0.6) is 0 Å². The van der Waals surface area contributed by atoms with Crippen LogP contribution < -0.4 is 9.62 Å². The summed E-state index contributed by atoms with van der Waals surface area (Å²) in [5.74, 6) is -0.584. The summed E-state index contributed by atoms with van der Waals surface area (Å²) in [5.41, 5.74) is 1.99. The average molecular weight is 635 g/mol. The number of halogens is 2. The Bertz CT molecular complexity index is 1400. The Labute approximate surface area is 244 Å². The molecule has 0 aliphatic heterocycles. The van der Waals surface area contributed by atoms with Gasteiger partial charge in [-0.1, -0.05) is 65.6 Å². The van der Waals surface area contributed by atoms with Gasteiger partial charge in [0.05, 0.1) is 10.6 Å². The lowest BCUT2D eigenvalue weighted by Gasteiger charge is -2.32. The lowest BCUT2D eigenvalue weighted by Crippen LogP contribution is -2.51. The first-order chi connectivity index (χ1) is 18.4. The zero-order valence-electron chi connectivity index (χ0n) is 22.4. The summed E-state index contributed by atoms with van der Waals surface area (Å²) >= 11 is 9.40. The Kier molecular flexibility index (Phi) is 10.6. The normalized spacial score (nSPS) is 12.2. The van der Waals surface area contributed by atoms with E-state index in [-0.39, 0.29) is 23.3 Å². The van der Waals surface area contributed by atoms with Crippen LogP contribution in [0.4, 0.5) is 5.69 Å². The molecule has 1 unspecified atom stereocenters. The highest BCUT2D eigenvalue weighted by atomic mass is 79.9. The van der Waals surface area contributed by atoms with Gasteiger partial charge in [0.25, 0.3) is 10.0 Å². The summed E-state index contributed by atoms with van der Waals surface area (Å²) in [6, 6.07) is 19.3. The molecule has 3 aromatic rings. The first-order valence-electron chi connectivity index (χ1n) is 12.5. The smallest absolute Gasteiger partial charge is 0.264 e. The predicted molar refractivity (Wildman–Crippen MR) is 159 cm³/mol. The van der Waals surface area contributed by atoms with E-state index in [0.29, 0.717) is 17.3 Å². The molecule has 0 aromatic heterocycles. The molecular weight excluding hydrogens is 602 g/mol. The summed E-state index contributed by atoms with van der Waals surface area (Å²) in [5, 5.41) is 3.28. The van der Waals surface area contributed by atoms with Crippen molar-refractivity contribution in [3.05, 3.63) is 93.4 Å². The molecule has 3 aromatic carbocycles. The molecule has 0 bridgehead atoms. The Morgan fingerprint density at radius 1 is 0.974 bits per heavy atom. The third kappa shape index (κ3) is 8.30. The number of aryl methyl sites for hydroxylation is 1. The molecular formula is C29H33BrClN3O4S. The highest BCUT2D eigenvalue weighted by Gasteiger charge is 2.32. The van der Waals surface area contributed by atoms with E-state index in [4.69, 9.17) is 11.6 Å². The van der Waals surface area contributed by atoms with Crippen molar-refractivity contribution in [3.63, 3.8) is 0 Å². The number of carbonyl (C=O) groups is 2. The van der Waals surface area contributed by atoms with Crippen molar-refractivity contribution in [2.24, 2.45) is 5.92 Å². The van der Waals surface area contributed by atoms with Crippen molar-refractivity contribution in [1.29, 1.82) is 0 Å². The first-order valence-corrected chi connectivity index (χ1v) is 15.2. The maximum Gasteiger partial charge on any atom is 0.264 e. The molecule has 2 amide bonds. The molecule has 0 saturated carbocycles. The zero-order chi connectivity index (χ0) is 28.7. The maximum atomic E-state index is 13.9. The highest BCUT2D eigenvalue weighted by molar-refractivity contribution is 9.10. The van der Waals surface area contributed by atoms with Crippen LogP contribution in [0.15, 0.2) is 82.2 Å². The monoisotopic (exact) mass is 633 g/mol. The van der Waals surface area contributed by atoms with Crippen LogP contribution in [0.25, 0.3) is 0 Å². The molecule has 0 aliphatic carbocycles. The van der Waals surface area contributed by atoms with E-state index in [9.17, 15) is 18.0 Å². The molecule has 0 saturated heterocycles. The largest absolute Gasteiger partial charge is 0.354 e. The SMILES string of the molecule is Cc1cccc(N(CC(=O)N(Cc2ccc(Br)cc2)C(C)C(=O)NCC(C)C)S(=O)(=O)c2ccc(Cl)cc2)c1. The van der Waals surface area contributed by atoms with Crippen LogP contribution in [0.2, 0.25) is 5.02 Å². The predicted octanol–water partition coefficient (Wildman–Crippen LogP) is 5.80. The Balaban J connectivity index is 2.01. The minimum atomic E-state index is -4.14. The number of carbonyl (C=O) groups excluding carboxylic acids is 2. The van der Waals surface area contributed by atoms with Crippen molar-refractivity contribution in [2.45, 2.75) is 45.2 Å². The van der Waals surface area contributed by atoms with E-state index in [1.54, 1.807) is 25.1 Å². The number of benzene rings is 3. The molecule has 7 nitrogen and oxygen atoms in total. The third-order valence-electron chi connectivity index (χ3n) is 6.09. The fraction of sp³-hybridized carbons (Fsp3) is 0.310. The zero-order valence-corrected chi connectivity index (χ0v) is 25.6. The Hall–Kier alpha value is -2.88. The van der Waals surface area contributed by atoms with Crippen LogP contribution in [0.1, 0.15) is 31.9 Å². The Morgan fingerprint density at radius 2 is 1.62 bits per heavy atom. The van der Waals surface area contributed by atoms with E-state index in [2.05, 4.69) is 21.2 Å². The lowest BCUT2D eigenvalue weighted by molar-refractivity contribution is -0.139. The lowest BCUT2D eigenvalue weighted by atomic mass is 10.1. The molecule has 0 aliphatic rings. The summed E-state index contributed by atoms with van der Waals surface area (Å²) in [4.78, 5) is 28.4. The number of hydrogen-bond donors (Lipinski definition) is 1. The molecule has 10 heteroatoms.